The lowest BCUT2D eigenvalue weighted by atomic mass is 10.1. The summed E-state index contributed by atoms with van der Waals surface area (Å²) in [7, 11) is -0.0614. The van der Waals surface area contributed by atoms with Gasteiger partial charge in [-0.2, -0.15) is 4.31 Å². The number of carbonyl (C=O) groups is 1. The number of amides is 1. The van der Waals surface area contributed by atoms with E-state index in [1.807, 2.05) is 37.3 Å². The summed E-state index contributed by atoms with van der Waals surface area (Å²) in [6, 6.07) is 19.8. The van der Waals surface area contributed by atoms with Gasteiger partial charge in [0.05, 0.1) is 15.9 Å². The molecular formula is C28H31N5O4S. The Labute approximate surface area is 222 Å². The van der Waals surface area contributed by atoms with E-state index in [1.54, 1.807) is 63.9 Å². The molecule has 3 aromatic carbocycles. The predicted molar refractivity (Wildman–Crippen MR) is 148 cm³/mol. The van der Waals surface area contributed by atoms with E-state index in [0.717, 1.165) is 22.2 Å². The molecule has 4 aromatic rings. The van der Waals surface area contributed by atoms with E-state index < -0.39 is 10.0 Å². The molecule has 38 heavy (non-hydrogen) atoms. The summed E-state index contributed by atoms with van der Waals surface area (Å²) < 4.78 is 30.6. The van der Waals surface area contributed by atoms with Crippen molar-refractivity contribution in [1.29, 1.82) is 0 Å². The van der Waals surface area contributed by atoms with Crippen molar-refractivity contribution in [3.05, 3.63) is 93.9 Å². The lowest BCUT2D eigenvalue weighted by Gasteiger charge is -2.34. The van der Waals surface area contributed by atoms with Gasteiger partial charge in [-0.3, -0.25) is 18.8 Å². The first-order valence-corrected chi connectivity index (χ1v) is 13.9. The molecular weight excluding hydrogens is 502 g/mol. The molecule has 1 N–H and O–H groups in total. The highest BCUT2D eigenvalue weighted by Crippen LogP contribution is 2.20. The highest BCUT2D eigenvalue weighted by atomic mass is 32.2. The summed E-state index contributed by atoms with van der Waals surface area (Å²) in [6.45, 7) is 4.76. The van der Waals surface area contributed by atoms with Crippen molar-refractivity contribution >= 4 is 32.7 Å². The standard InChI is InChI=1S/C28H31N5O4S/c1-20-4-11-24(12-5-20)38(36,37)33-16-14-32(15-17-33)19-21-6-8-22(9-7-21)27(34)29-23-10-13-25-26(18-23)31(3)28(35)30(25)2/h4-13,18H,14-17,19H2,1-3H3,(H,29,34). The van der Waals surface area contributed by atoms with Gasteiger partial charge >= 0.3 is 5.69 Å². The van der Waals surface area contributed by atoms with Gasteiger partial charge in [-0.25, -0.2) is 13.2 Å². The van der Waals surface area contributed by atoms with E-state index >= 15 is 0 Å². The maximum Gasteiger partial charge on any atom is 0.328 e. The van der Waals surface area contributed by atoms with Crippen LogP contribution in [0.3, 0.4) is 0 Å². The van der Waals surface area contributed by atoms with Crippen molar-refractivity contribution in [2.24, 2.45) is 14.1 Å². The van der Waals surface area contributed by atoms with E-state index in [1.165, 1.54) is 0 Å². The number of aryl methyl sites for hydroxylation is 3. The molecule has 0 aliphatic carbocycles. The molecule has 1 aliphatic heterocycles. The van der Waals surface area contributed by atoms with E-state index in [2.05, 4.69) is 10.2 Å². The number of aromatic nitrogens is 2. The molecule has 1 fully saturated rings. The molecule has 0 saturated carbocycles. The molecule has 1 amide bonds. The Hall–Kier alpha value is -3.73. The third-order valence-electron chi connectivity index (χ3n) is 7.14. The van der Waals surface area contributed by atoms with Gasteiger partial charge in [0.25, 0.3) is 5.91 Å². The number of fused-ring (bicyclic) bond motifs is 1. The van der Waals surface area contributed by atoms with Crippen molar-refractivity contribution < 1.29 is 13.2 Å². The number of nitrogens with one attached hydrogen (secondary N) is 1. The fourth-order valence-electron chi connectivity index (χ4n) is 4.79. The fraction of sp³-hybridized carbons (Fsp3) is 0.286. The van der Waals surface area contributed by atoms with Crippen molar-refractivity contribution in [2.75, 3.05) is 31.5 Å². The maximum atomic E-state index is 12.9. The second-order valence-electron chi connectivity index (χ2n) is 9.75. The summed E-state index contributed by atoms with van der Waals surface area (Å²) >= 11 is 0. The minimum Gasteiger partial charge on any atom is -0.322 e. The number of nitrogens with zero attached hydrogens (tertiary/aromatic N) is 4. The van der Waals surface area contributed by atoms with Crippen LogP contribution in [0.1, 0.15) is 21.5 Å². The molecule has 0 bridgehead atoms. The largest absolute Gasteiger partial charge is 0.328 e. The minimum atomic E-state index is -3.49. The first-order valence-electron chi connectivity index (χ1n) is 12.5. The van der Waals surface area contributed by atoms with E-state index in [9.17, 15) is 18.0 Å². The smallest absolute Gasteiger partial charge is 0.322 e. The molecule has 0 spiro atoms. The van der Waals surface area contributed by atoms with Gasteiger partial charge in [0.15, 0.2) is 0 Å². The van der Waals surface area contributed by atoms with Crippen LogP contribution in [0.5, 0.6) is 0 Å². The molecule has 198 valence electrons. The normalized spacial score (nSPS) is 15.1. The zero-order valence-corrected chi connectivity index (χ0v) is 22.5. The number of anilines is 1. The molecule has 0 atom stereocenters. The molecule has 0 radical (unpaired) electrons. The highest BCUT2D eigenvalue weighted by Gasteiger charge is 2.28. The van der Waals surface area contributed by atoms with Crippen molar-refractivity contribution in [3.63, 3.8) is 0 Å². The number of rotatable bonds is 6. The number of benzene rings is 3. The molecule has 5 rings (SSSR count). The van der Waals surface area contributed by atoms with E-state index in [0.29, 0.717) is 48.9 Å². The van der Waals surface area contributed by atoms with E-state index in [-0.39, 0.29) is 11.6 Å². The summed E-state index contributed by atoms with van der Waals surface area (Å²) in [5, 5.41) is 2.91. The third kappa shape index (κ3) is 5.02. The van der Waals surface area contributed by atoms with E-state index in [4.69, 9.17) is 0 Å². The van der Waals surface area contributed by atoms with Crippen LogP contribution in [0, 0.1) is 6.92 Å². The number of piperazine rings is 1. The lowest BCUT2D eigenvalue weighted by Crippen LogP contribution is -2.48. The SMILES string of the molecule is Cc1ccc(S(=O)(=O)N2CCN(Cc3ccc(C(=O)Nc4ccc5c(c4)n(C)c(=O)n5C)cc3)CC2)cc1. The summed E-state index contributed by atoms with van der Waals surface area (Å²) in [6.07, 6.45) is 0. The Morgan fingerprint density at radius 3 is 2.13 bits per heavy atom. The van der Waals surface area contributed by atoms with Crippen LogP contribution in [0.2, 0.25) is 0 Å². The lowest BCUT2D eigenvalue weighted by molar-refractivity contribution is 0.102. The second kappa shape index (κ2) is 10.2. The van der Waals surface area contributed by atoms with Gasteiger partial charge in [-0.05, 0) is 55.0 Å². The van der Waals surface area contributed by atoms with Crippen LogP contribution in [0.15, 0.2) is 76.4 Å². The highest BCUT2D eigenvalue weighted by molar-refractivity contribution is 7.89. The number of sulfonamides is 1. The molecule has 9 nitrogen and oxygen atoms in total. The van der Waals surface area contributed by atoms with Gasteiger partial charge in [0.2, 0.25) is 10.0 Å². The van der Waals surface area contributed by atoms with Gasteiger partial charge in [0.1, 0.15) is 0 Å². The number of hydrogen-bond acceptors (Lipinski definition) is 5. The average molecular weight is 534 g/mol. The Kier molecular flexibility index (Phi) is 6.95. The molecule has 10 heteroatoms. The number of imidazole rings is 1. The van der Waals surface area contributed by atoms with Crippen LogP contribution < -0.4 is 11.0 Å². The maximum absolute atomic E-state index is 12.9. The molecule has 0 unspecified atom stereocenters. The van der Waals surface area contributed by atoms with Crippen LogP contribution >= 0.6 is 0 Å². The average Bonchev–Trinajstić information content (AvgIpc) is 3.13. The zero-order chi connectivity index (χ0) is 27.0. The first-order chi connectivity index (χ1) is 18.1. The monoisotopic (exact) mass is 533 g/mol. The number of carbonyl (C=O) groups excluding carboxylic acids is 1. The predicted octanol–water partition coefficient (Wildman–Crippen LogP) is 2.94. The quantitative estimate of drug-likeness (QED) is 0.411. The molecule has 2 heterocycles. The van der Waals surface area contributed by atoms with Gasteiger partial charge < -0.3 is 5.32 Å². The Morgan fingerprint density at radius 2 is 1.47 bits per heavy atom. The summed E-state index contributed by atoms with van der Waals surface area (Å²) in [5.41, 5.74) is 4.66. The van der Waals surface area contributed by atoms with Crippen LogP contribution in [0.4, 0.5) is 5.69 Å². The Morgan fingerprint density at radius 1 is 0.842 bits per heavy atom. The Balaban J connectivity index is 1.18. The van der Waals surface area contributed by atoms with Crippen LogP contribution in [-0.4, -0.2) is 58.8 Å². The molecule has 1 saturated heterocycles. The topological polar surface area (TPSA) is 96.7 Å². The molecule has 1 aliphatic rings. The first kappa shape index (κ1) is 25.9. The number of hydrogen-bond donors (Lipinski definition) is 1. The van der Waals surface area contributed by atoms with Crippen molar-refractivity contribution in [3.8, 4) is 0 Å². The van der Waals surface area contributed by atoms with Crippen LogP contribution in [-0.2, 0) is 30.7 Å². The Bertz CT molecular complexity index is 1650. The van der Waals surface area contributed by atoms with Crippen molar-refractivity contribution in [1.82, 2.24) is 18.3 Å². The second-order valence-corrected chi connectivity index (χ2v) is 11.7. The van der Waals surface area contributed by atoms with Gasteiger partial charge in [-0.1, -0.05) is 29.8 Å². The van der Waals surface area contributed by atoms with Gasteiger partial charge in [0, 0.05) is 58.1 Å². The van der Waals surface area contributed by atoms with Gasteiger partial charge in [-0.15, -0.1) is 0 Å². The zero-order valence-electron chi connectivity index (χ0n) is 21.7. The summed E-state index contributed by atoms with van der Waals surface area (Å²) in [5.74, 6) is -0.230. The summed E-state index contributed by atoms with van der Waals surface area (Å²) in [4.78, 5) is 27.5. The van der Waals surface area contributed by atoms with Crippen LogP contribution in [0.25, 0.3) is 11.0 Å². The fourth-order valence-corrected chi connectivity index (χ4v) is 6.22. The van der Waals surface area contributed by atoms with Crippen molar-refractivity contribution in [2.45, 2.75) is 18.4 Å². The minimum absolute atomic E-state index is 0.117. The third-order valence-corrected chi connectivity index (χ3v) is 9.06. The molecule has 1 aromatic heterocycles.